The van der Waals surface area contributed by atoms with Crippen LogP contribution in [0.15, 0.2) is 0 Å². The van der Waals surface area contributed by atoms with Gasteiger partial charge in [0.1, 0.15) is 0 Å². The minimum atomic E-state index is -6.76. The molecule has 0 aliphatic heterocycles. The van der Waals surface area contributed by atoms with Crippen LogP contribution >= 0.6 is 0 Å². The van der Waals surface area contributed by atoms with E-state index in [0.717, 1.165) is 0 Å². The van der Waals surface area contributed by atoms with Gasteiger partial charge in [0.25, 0.3) is 0 Å². The molecule has 0 aliphatic carbocycles. The van der Waals surface area contributed by atoms with Crippen molar-refractivity contribution in [1.82, 2.24) is 0 Å². The van der Waals surface area contributed by atoms with Gasteiger partial charge in [-0.05, 0) is 0 Å². The Morgan fingerprint density at radius 3 is 0.857 bits per heavy atom. The zero-order valence-electron chi connectivity index (χ0n) is 12.9. The summed E-state index contributed by atoms with van der Waals surface area (Å²) in [7, 11) is -6.76. The molecule has 2 aromatic rings. The third-order valence-corrected chi connectivity index (χ3v) is 5.21. The summed E-state index contributed by atoms with van der Waals surface area (Å²) in [5.41, 5.74) is -4.08. The van der Waals surface area contributed by atoms with Crippen LogP contribution < -0.4 is 0 Å². The Morgan fingerprint density at radius 1 is 0.464 bits per heavy atom. The molecule has 0 unspecified atom stereocenters. The van der Waals surface area contributed by atoms with Gasteiger partial charge in [-0.3, -0.25) is 0 Å². The van der Waals surface area contributed by atoms with Crippen LogP contribution in [0.5, 0.6) is 0 Å². The van der Waals surface area contributed by atoms with Crippen LogP contribution in [0.2, 0.25) is 0 Å². The second-order valence-corrected chi connectivity index (χ2v) is 8.52. The second-order valence-electron chi connectivity index (χ2n) is 5.57. The quantitative estimate of drug-likeness (QED) is 0.414. The average Bonchev–Trinajstić information content (AvgIpc) is 2.62. The molecule has 14 heteroatoms. The summed E-state index contributed by atoms with van der Waals surface area (Å²) in [5.74, 6) is -30.7. The summed E-state index contributed by atoms with van der Waals surface area (Å²) < 4.78 is 164. The Balaban J connectivity index is 2.62. The summed E-state index contributed by atoms with van der Waals surface area (Å²) in [6.45, 7) is 0. The van der Waals surface area contributed by atoms with E-state index in [9.17, 15) is 57.2 Å². The molecule has 2 N–H and O–H groups in total. The first-order chi connectivity index (χ1) is 12.6. The molecule has 0 saturated carbocycles. The van der Waals surface area contributed by atoms with Crippen LogP contribution in [-0.2, 0) is 21.1 Å². The molecule has 156 valence electrons. The largest absolute Gasteiger partial charge is 0.307 e. The zero-order valence-corrected chi connectivity index (χ0v) is 13.7. The molecule has 2 aromatic carbocycles. The summed E-state index contributed by atoms with van der Waals surface area (Å²) in [6.07, 6.45) is 0. The summed E-state index contributed by atoms with van der Waals surface area (Å²) in [4.78, 5) is 0. The fourth-order valence-electron chi connectivity index (χ4n) is 2.19. The maximum atomic E-state index is 13.6. The van der Waals surface area contributed by atoms with Crippen molar-refractivity contribution in [2.24, 2.45) is 0 Å². The van der Waals surface area contributed by atoms with E-state index in [0.29, 0.717) is 0 Å². The van der Waals surface area contributed by atoms with Crippen molar-refractivity contribution in [3.8, 4) is 0 Å². The van der Waals surface area contributed by atoms with Gasteiger partial charge < -0.3 is 9.11 Å². The normalized spacial score (nSPS) is 13.5. The van der Waals surface area contributed by atoms with Gasteiger partial charge in [-0.1, -0.05) is 0 Å². The van der Waals surface area contributed by atoms with Crippen molar-refractivity contribution in [3.05, 3.63) is 69.3 Å². The predicted octanol–water partition coefficient (Wildman–Crippen LogP) is 4.54. The topological polar surface area (TPSA) is 57.5 Å². The molecular formula is C14H6F10O3S. The average molecular weight is 444 g/mol. The van der Waals surface area contributed by atoms with Crippen molar-refractivity contribution in [3.63, 3.8) is 0 Å². The van der Waals surface area contributed by atoms with Crippen molar-refractivity contribution in [1.29, 1.82) is 0 Å². The van der Waals surface area contributed by atoms with E-state index in [4.69, 9.17) is 0 Å². The van der Waals surface area contributed by atoms with Crippen molar-refractivity contribution >= 4 is 9.63 Å². The predicted molar refractivity (Wildman–Crippen MR) is 73.3 cm³/mol. The highest BCUT2D eigenvalue weighted by atomic mass is 32.3. The van der Waals surface area contributed by atoms with Crippen LogP contribution in [0.1, 0.15) is 11.1 Å². The highest BCUT2D eigenvalue weighted by Gasteiger charge is 2.40. The summed E-state index contributed by atoms with van der Waals surface area (Å²) in [6, 6.07) is 0. The number of benzene rings is 2. The van der Waals surface area contributed by atoms with E-state index in [-0.39, 0.29) is 0 Å². The van der Waals surface area contributed by atoms with Gasteiger partial charge in [0.05, 0.1) is 21.1 Å². The highest BCUT2D eigenvalue weighted by Crippen LogP contribution is 2.35. The SMILES string of the molecule is O=S(O)(O)(Cc1c(F)c(F)c(F)c(F)c1F)Cc1c(F)c(F)c(F)c(F)c1F. The highest BCUT2D eigenvalue weighted by molar-refractivity contribution is 8.08. The van der Waals surface area contributed by atoms with Gasteiger partial charge in [-0.25, -0.2) is 48.1 Å². The van der Waals surface area contributed by atoms with E-state index < -0.39 is 90.4 Å². The van der Waals surface area contributed by atoms with Crippen molar-refractivity contribution in [2.75, 3.05) is 0 Å². The molecule has 28 heavy (non-hydrogen) atoms. The lowest BCUT2D eigenvalue weighted by atomic mass is 10.2. The van der Waals surface area contributed by atoms with Crippen LogP contribution in [0, 0.1) is 58.2 Å². The van der Waals surface area contributed by atoms with Crippen LogP contribution in [0.3, 0.4) is 0 Å². The maximum absolute atomic E-state index is 13.6. The smallest absolute Gasteiger partial charge is 0.200 e. The Morgan fingerprint density at radius 2 is 0.643 bits per heavy atom. The molecule has 0 amide bonds. The number of halogens is 10. The van der Waals surface area contributed by atoms with Gasteiger partial charge in [-0.2, -0.15) is 0 Å². The molecule has 0 atom stereocenters. The Labute approximate surface area is 148 Å². The molecular weight excluding hydrogens is 438 g/mol. The standard InChI is InChI=1S/C14H6F10O3S/c15-5-3(6(16)10(20)13(23)9(5)19)1-28(25,26,27)2-4-7(17)11(21)14(24)12(22)8(4)18/h1-2H2,(H2,25,26,27). The molecule has 0 radical (unpaired) electrons. The molecule has 0 bridgehead atoms. The molecule has 0 heterocycles. The molecule has 0 spiro atoms. The molecule has 0 aliphatic rings. The van der Waals surface area contributed by atoms with E-state index in [1.807, 2.05) is 0 Å². The van der Waals surface area contributed by atoms with Gasteiger partial charge in [0, 0.05) is 11.1 Å². The minimum Gasteiger partial charge on any atom is -0.307 e. The lowest BCUT2D eigenvalue weighted by Gasteiger charge is -2.31. The number of rotatable bonds is 4. The Kier molecular flexibility index (Phi) is 5.29. The second kappa shape index (κ2) is 6.70. The van der Waals surface area contributed by atoms with Crippen LogP contribution in [-0.4, -0.2) is 13.3 Å². The van der Waals surface area contributed by atoms with E-state index >= 15 is 0 Å². The van der Waals surface area contributed by atoms with Crippen LogP contribution in [0.4, 0.5) is 43.9 Å². The lowest BCUT2D eigenvalue weighted by molar-refractivity contribution is 0.355. The summed E-state index contributed by atoms with van der Waals surface area (Å²) in [5, 5.41) is 0. The molecule has 0 aromatic heterocycles. The monoisotopic (exact) mass is 444 g/mol. The summed E-state index contributed by atoms with van der Waals surface area (Å²) >= 11 is 0. The first-order valence-corrected chi connectivity index (χ1v) is 8.92. The van der Waals surface area contributed by atoms with Crippen molar-refractivity contribution in [2.45, 2.75) is 11.5 Å². The van der Waals surface area contributed by atoms with Crippen molar-refractivity contribution < 1.29 is 57.2 Å². The van der Waals surface area contributed by atoms with E-state index in [2.05, 4.69) is 0 Å². The molecule has 3 nitrogen and oxygen atoms in total. The van der Waals surface area contributed by atoms with Gasteiger partial charge in [0.15, 0.2) is 46.5 Å². The number of hydrogen-bond donors (Lipinski definition) is 2. The van der Waals surface area contributed by atoms with Gasteiger partial charge in [0.2, 0.25) is 11.6 Å². The van der Waals surface area contributed by atoms with E-state index in [1.165, 1.54) is 0 Å². The lowest BCUT2D eigenvalue weighted by Crippen LogP contribution is -2.37. The Hall–Kier alpha value is -2.19. The fourth-order valence-corrected chi connectivity index (χ4v) is 3.95. The third kappa shape index (κ3) is 3.71. The van der Waals surface area contributed by atoms with Gasteiger partial charge >= 0.3 is 0 Å². The first kappa shape index (κ1) is 22.1. The molecule has 2 rings (SSSR count). The van der Waals surface area contributed by atoms with Crippen LogP contribution in [0.25, 0.3) is 0 Å². The maximum Gasteiger partial charge on any atom is 0.200 e. The minimum absolute atomic E-state index is 2.04. The number of hydrogen-bond acceptors (Lipinski definition) is 1. The van der Waals surface area contributed by atoms with Gasteiger partial charge in [-0.15, -0.1) is 0 Å². The first-order valence-electron chi connectivity index (χ1n) is 6.71. The third-order valence-electron chi connectivity index (χ3n) is 3.47. The molecule has 0 fully saturated rings. The van der Waals surface area contributed by atoms with E-state index in [1.54, 1.807) is 0 Å². The zero-order chi connectivity index (χ0) is 21.8. The molecule has 0 saturated heterocycles. The Bertz CT molecular complexity index is 927. The fraction of sp³-hybridized carbons (Fsp3) is 0.143.